The number of benzene rings is 1. The van der Waals surface area contributed by atoms with Crippen LogP contribution in [-0.2, 0) is 4.74 Å². The highest BCUT2D eigenvalue weighted by atomic mass is 79.9. The first-order valence-corrected chi connectivity index (χ1v) is 11.5. The van der Waals surface area contributed by atoms with Gasteiger partial charge in [0.2, 0.25) is 0 Å². The first-order chi connectivity index (χ1) is 15.8. The van der Waals surface area contributed by atoms with Crippen LogP contribution in [0.1, 0.15) is 41.2 Å². The van der Waals surface area contributed by atoms with Crippen LogP contribution in [0.15, 0.2) is 39.9 Å². The van der Waals surface area contributed by atoms with E-state index in [1.54, 1.807) is 24.3 Å². The lowest BCUT2D eigenvalue weighted by Crippen LogP contribution is -2.56. The van der Waals surface area contributed by atoms with Crippen molar-refractivity contribution in [1.29, 1.82) is 0 Å². The van der Waals surface area contributed by atoms with Crippen LogP contribution in [0.4, 0.5) is 0 Å². The molecule has 0 spiro atoms. The topological polar surface area (TPSA) is 121 Å². The van der Waals surface area contributed by atoms with Crippen molar-refractivity contribution in [3.8, 4) is 5.75 Å². The normalized spacial score (nSPS) is 17.4. The first-order valence-electron chi connectivity index (χ1n) is 10.4. The van der Waals surface area contributed by atoms with Crippen LogP contribution >= 0.6 is 27.5 Å². The Labute approximate surface area is 204 Å². The molecule has 0 unspecified atom stereocenters. The van der Waals surface area contributed by atoms with Gasteiger partial charge in [0.15, 0.2) is 5.43 Å². The molecule has 9 nitrogen and oxygen atoms in total. The average Bonchev–Trinajstić information content (AvgIpc) is 3.18. The summed E-state index contributed by atoms with van der Waals surface area (Å²) >= 11 is 9.92. The molecule has 3 rings (SSSR count). The maximum atomic E-state index is 12.0. The van der Waals surface area contributed by atoms with Gasteiger partial charge in [-0.15, -0.1) is 0 Å². The van der Waals surface area contributed by atoms with Gasteiger partial charge in [0.25, 0.3) is 0 Å². The third kappa shape index (κ3) is 5.20. The van der Waals surface area contributed by atoms with E-state index >= 15 is 0 Å². The largest absolute Gasteiger partial charge is 0.492 e. The molecule has 1 aliphatic heterocycles. The van der Waals surface area contributed by atoms with Crippen molar-refractivity contribution in [2.24, 2.45) is 0 Å². The number of carboxylic acid groups (broad SMARTS) is 1. The Bertz CT molecular complexity index is 1060. The number of aliphatic hydroxyl groups is 2. The molecule has 0 amide bonds. The molecule has 1 aromatic carbocycles. The molecule has 1 aliphatic rings. The van der Waals surface area contributed by atoms with Gasteiger partial charge in [-0.2, -0.15) is 0 Å². The number of ether oxygens (including phenoxy) is 2. The zero-order valence-corrected chi connectivity index (χ0v) is 20.4. The van der Waals surface area contributed by atoms with Gasteiger partial charge in [-0.05, 0) is 30.5 Å². The summed E-state index contributed by atoms with van der Waals surface area (Å²) in [6, 6.07) is 4.27. The lowest BCUT2D eigenvalue weighted by Gasteiger charge is -2.42. The third-order valence-electron chi connectivity index (χ3n) is 5.80. The Morgan fingerprint density at radius 1 is 1.30 bits per heavy atom. The number of aromatic nitrogens is 1. The highest BCUT2D eigenvalue weighted by Crippen LogP contribution is 2.45. The number of aliphatic hydroxyl groups excluding tert-OH is 2. The number of carboxylic acids is 1. The molecule has 180 valence electrons. The number of aromatic carboxylic acids is 1. The fraction of sp³-hybridized carbons (Fsp3) is 0.455. The van der Waals surface area contributed by atoms with E-state index in [-0.39, 0.29) is 19.3 Å². The summed E-state index contributed by atoms with van der Waals surface area (Å²) in [5.74, 6) is -0.884. The predicted octanol–water partition coefficient (Wildman–Crippen LogP) is 2.57. The number of hydrogen-bond acceptors (Lipinski definition) is 7. The molecule has 1 atom stereocenters. The van der Waals surface area contributed by atoms with Crippen molar-refractivity contribution in [3.63, 3.8) is 0 Å². The molecule has 1 aromatic heterocycles. The molecule has 11 heteroatoms. The minimum atomic E-state index is -1.36. The van der Waals surface area contributed by atoms with Gasteiger partial charge in [0.1, 0.15) is 16.9 Å². The maximum Gasteiger partial charge on any atom is 0.341 e. The molecule has 0 bridgehead atoms. The van der Waals surface area contributed by atoms with E-state index in [2.05, 4.69) is 15.9 Å². The fourth-order valence-electron chi connectivity index (χ4n) is 4.08. The van der Waals surface area contributed by atoms with Gasteiger partial charge in [-0.3, -0.25) is 14.5 Å². The summed E-state index contributed by atoms with van der Waals surface area (Å²) in [6.07, 6.45) is 4.28. The van der Waals surface area contributed by atoms with Crippen LogP contribution in [0.5, 0.6) is 5.75 Å². The van der Waals surface area contributed by atoms with Gasteiger partial charge < -0.3 is 24.8 Å². The number of rotatable bonds is 10. The second kappa shape index (κ2) is 10.9. The lowest BCUT2D eigenvalue weighted by atomic mass is 9.99. The van der Waals surface area contributed by atoms with E-state index in [1.807, 2.05) is 0 Å². The van der Waals surface area contributed by atoms with Crippen molar-refractivity contribution >= 4 is 33.5 Å². The van der Waals surface area contributed by atoms with Crippen molar-refractivity contribution in [2.75, 3.05) is 38.5 Å². The second-order valence-corrected chi connectivity index (χ2v) is 9.11. The Morgan fingerprint density at radius 3 is 2.67 bits per heavy atom. The van der Waals surface area contributed by atoms with Gasteiger partial charge in [0, 0.05) is 43.1 Å². The minimum Gasteiger partial charge on any atom is -0.492 e. The zero-order valence-electron chi connectivity index (χ0n) is 18.0. The standard InChI is InChI=1S/C22H26BrClN2O7/c1-32-7-2-8-33-20-9-14(16(23)10-17(20)24)18-3-5-22(12-27,13-28)26(18)25-6-4-19(29)15(11-25)21(30)31/h4,6,9-11,18,27-28H,2-3,5,7-8,12-13H2,1H3,(H,30,31)/t18-/m1/s1. The lowest BCUT2D eigenvalue weighted by molar-refractivity contribution is 0.0693. The summed E-state index contributed by atoms with van der Waals surface area (Å²) in [4.78, 5) is 23.5. The third-order valence-corrected chi connectivity index (χ3v) is 6.78. The van der Waals surface area contributed by atoms with E-state index < -0.39 is 22.5 Å². The van der Waals surface area contributed by atoms with Crippen LogP contribution in [0.25, 0.3) is 0 Å². The molecule has 2 aromatic rings. The van der Waals surface area contributed by atoms with Crippen LogP contribution in [0, 0.1) is 0 Å². The highest BCUT2D eigenvalue weighted by molar-refractivity contribution is 9.10. The van der Waals surface area contributed by atoms with Crippen LogP contribution in [0.3, 0.4) is 0 Å². The van der Waals surface area contributed by atoms with E-state index in [0.29, 0.717) is 47.7 Å². The maximum absolute atomic E-state index is 12.0. The molecule has 0 aliphatic carbocycles. The van der Waals surface area contributed by atoms with E-state index in [1.165, 1.54) is 17.1 Å². The SMILES string of the molecule is COCCCOc1cc([C@H]2CCC(CO)(CO)N2n2ccc(=O)c(C(=O)O)c2)c(Br)cc1Cl. The molecule has 33 heavy (non-hydrogen) atoms. The van der Waals surface area contributed by atoms with Crippen molar-refractivity contribution < 1.29 is 29.6 Å². The van der Waals surface area contributed by atoms with Crippen LogP contribution < -0.4 is 15.2 Å². The molecule has 1 fully saturated rings. The predicted molar refractivity (Wildman–Crippen MR) is 126 cm³/mol. The van der Waals surface area contributed by atoms with E-state index in [4.69, 9.17) is 21.1 Å². The van der Waals surface area contributed by atoms with Crippen LogP contribution in [-0.4, -0.2) is 65.0 Å². The molecule has 2 heterocycles. The Balaban J connectivity index is 2.07. The molecular formula is C22H26BrClN2O7. The zero-order chi connectivity index (χ0) is 24.2. The quantitative estimate of drug-likeness (QED) is 0.390. The summed E-state index contributed by atoms with van der Waals surface area (Å²) < 4.78 is 13.0. The minimum absolute atomic E-state index is 0.375. The summed E-state index contributed by atoms with van der Waals surface area (Å²) in [6.45, 7) is 0.202. The molecule has 0 radical (unpaired) electrons. The molecule has 0 saturated carbocycles. The van der Waals surface area contributed by atoms with Crippen molar-refractivity contribution in [1.82, 2.24) is 4.68 Å². The summed E-state index contributed by atoms with van der Waals surface area (Å²) in [5, 5.41) is 32.0. The van der Waals surface area contributed by atoms with E-state index in [0.717, 1.165) is 11.6 Å². The summed E-state index contributed by atoms with van der Waals surface area (Å²) in [5.41, 5.74) is -1.34. The number of methoxy groups -OCH3 is 1. The smallest absolute Gasteiger partial charge is 0.341 e. The number of hydrogen-bond donors (Lipinski definition) is 3. The van der Waals surface area contributed by atoms with Gasteiger partial charge in [0.05, 0.1) is 30.9 Å². The van der Waals surface area contributed by atoms with Crippen LogP contribution in [0.2, 0.25) is 5.02 Å². The van der Waals surface area contributed by atoms with Gasteiger partial charge in [-0.1, -0.05) is 27.5 Å². The van der Waals surface area contributed by atoms with Gasteiger partial charge in [-0.25, -0.2) is 4.79 Å². The van der Waals surface area contributed by atoms with E-state index in [9.17, 15) is 24.9 Å². The number of pyridine rings is 1. The monoisotopic (exact) mass is 544 g/mol. The Kier molecular flexibility index (Phi) is 8.41. The number of carbonyl (C=O) groups is 1. The highest BCUT2D eigenvalue weighted by Gasteiger charge is 2.47. The Hall–Kier alpha value is -2.11. The fourth-order valence-corrected chi connectivity index (χ4v) is 5.04. The number of halogens is 2. The second-order valence-electron chi connectivity index (χ2n) is 7.85. The van der Waals surface area contributed by atoms with Crippen molar-refractivity contribution in [2.45, 2.75) is 30.8 Å². The number of nitrogens with zero attached hydrogens (tertiary/aromatic N) is 2. The van der Waals surface area contributed by atoms with Gasteiger partial charge >= 0.3 is 5.97 Å². The molecule has 3 N–H and O–H groups in total. The van der Waals surface area contributed by atoms with Crippen molar-refractivity contribution in [3.05, 3.63) is 61.4 Å². The summed E-state index contributed by atoms with van der Waals surface area (Å²) in [7, 11) is 1.61. The molecular weight excluding hydrogens is 520 g/mol. The first kappa shape index (κ1) is 25.5. The average molecular weight is 546 g/mol. The Morgan fingerprint density at radius 2 is 2.03 bits per heavy atom. The molecule has 1 saturated heterocycles.